The van der Waals surface area contributed by atoms with Gasteiger partial charge >= 0.3 is 70.2 Å². The van der Waals surface area contributed by atoms with E-state index in [9.17, 15) is 38.4 Å². The second kappa shape index (κ2) is 52.0. The number of hydrogen-bond acceptors (Lipinski definition) is 22. The highest BCUT2D eigenvalue weighted by molar-refractivity contribution is 9.11. The fourth-order valence-electron chi connectivity index (χ4n) is 19.8. The van der Waals surface area contributed by atoms with Crippen LogP contribution >= 0.6 is 31.9 Å². The second-order valence-electron chi connectivity index (χ2n) is 35.8. The summed E-state index contributed by atoms with van der Waals surface area (Å²) in [5.41, 5.74) is 35.8. The van der Waals surface area contributed by atoms with Gasteiger partial charge in [0.15, 0.2) is 0 Å². The maximum Gasteiger partial charge on any atom is 0.356 e. The number of halogens is 2. The van der Waals surface area contributed by atoms with E-state index >= 15 is 0 Å². The number of pyridine rings is 6. The number of aryl methyl sites for hydroxylation is 14. The first-order valence-corrected chi connectivity index (χ1v) is 52.5. The van der Waals surface area contributed by atoms with Crippen LogP contribution in [0.4, 0.5) is 0 Å². The van der Waals surface area contributed by atoms with Crippen LogP contribution in [0, 0.1) is 55.4 Å². The lowest BCUT2D eigenvalue weighted by Gasteiger charge is -2.22. The first kappa shape index (κ1) is 112. The molecule has 0 saturated heterocycles. The number of carbonyl (C=O) groups excluding carboxylic acids is 4. The predicted octanol–water partition coefficient (Wildman–Crippen LogP) is 19.4. The summed E-state index contributed by atoms with van der Waals surface area (Å²) in [6, 6.07) is 67.2. The Hall–Kier alpha value is -15.3. The fourth-order valence-corrected chi connectivity index (χ4v) is 21.3. The highest BCUT2D eigenvalue weighted by atomic mass is 79.9. The summed E-state index contributed by atoms with van der Waals surface area (Å²) in [4.78, 5) is 126. The molecule has 772 valence electrons. The molecule has 150 heavy (non-hydrogen) atoms. The Morgan fingerprint density at radius 1 is 0.320 bits per heavy atom. The van der Waals surface area contributed by atoms with Gasteiger partial charge in [-0.3, -0.25) is 29.1 Å². The number of carbonyl (C=O) groups is 4. The Bertz CT molecular complexity index is 8080. The molecule has 0 spiro atoms. The Morgan fingerprint density at radius 2 is 0.620 bits per heavy atom. The topological polar surface area (TPSA) is 419 Å². The van der Waals surface area contributed by atoms with Crippen LogP contribution in [-0.4, -0.2) is 132 Å². The van der Waals surface area contributed by atoms with E-state index in [2.05, 4.69) is 128 Å². The molecule has 16 aromatic rings. The standard InChI is InChI=1S/C30H29BrN2O3.C30H30N2O3.C27H24BrN3O3.C27H25N3O3.4O2S/c1-5-36-30(35)28-25(31)22-12-11-21-15-23(20-9-7-6-8-10-20)29(34)32-26(21)27(22)33(28)16-24-18(3)13-17(2)14-19(24)4;1-5-35-30(34)26-16-23-12-11-22-15-24(21-9-7-6-8-10-21)29(33)31-27(22)28(23)32(26)17-25-19(3)13-18(2)14-20(25)4;1-3-34-27(33)25-22(28)20-12-10-18-13-21(17-7-5-4-6-8-17)26(32)30-23(18)24(20)31(25)15-19-11-9-16(2)14-29-19;1-3-33-27(32)23-14-21-12-11-20-13-22(19-7-5-4-6-8-19)26(31)29-24(20)25(21)30(23)16-18-10-9-17(2)28-15-18;4*1-3-2/h6-10,13-15H,5,11-12,16H2,1-4H3,(H,32,34);6-10,13-16H,5,11-12,17H2,1-4H3,(H,31,33);4-9,11,13-14H,3,10,12,15H2,1-2H3,(H,30,32);4-10,13-15H,3,11-12,16H2,1-2H3,(H,29,31);;;;. The zero-order valence-corrected chi connectivity index (χ0v) is 90.8. The summed E-state index contributed by atoms with van der Waals surface area (Å²) in [6.07, 6.45) is 9.83. The van der Waals surface area contributed by atoms with Crippen LogP contribution in [0.1, 0.15) is 181 Å². The van der Waals surface area contributed by atoms with Crippen molar-refractivity contribution < 1.29 is 71.8 Å². The van der Waals surface area contributed by atoms with Crippen molar-refractivity contribution in [1.29, 1.82) is 0 Å². The molecule has 0 aliphatic heterocycles. The minimum atomic E-state index is -0.750. The summed E-state index contributed by atoms with van der Waals surface area (Å²) in [7, 11) is 0. The molecule has 20 rings (SSSR count). The summed E-state index contributed by atoms with van der Waals surface area (Å²) < 4.78 is 97.4. The van der Waals surface area contributed by atoms with E-state index in [1.807, 2.05) is 240 Å². The minimum absolute atomic E-state index is 0.129. The quantitative estimate of drug-likeness (QED) is 0.0407. The van der Waals surface area contributed by atoms with Crippen LogP contribution in [0.15, 0.2) is 247 Å². The van der Waals surface area contributed by atoms with Crippen LogP contribution in [0.5, 0.6) is 0 Å². The number of H-pyrrole nitrogens is 4. The molecular weight excluding hydrogens is 2120 g/mol. The van der Waals surface area contributed by atoms with E-state index in [-0.39, 0.29) is 53.4 Å². The van der Waals surface area contributed by atoms with E-state index in [1.165, 1.54) is 38.9 Å². The van der Waals surface area contributed by atoms with Crippen molar-refractivity contribution in [2.45, 2.75) is 161 Å². The average molecular weight is 2230 g/mol. The molecule has 4 aliphatic carbocycles. The number of nitrogens with zero attached hydrogens (tertiary/aromatic N) is 6. The molecule has 0 amide bonds. The van der Waals surface area contributed by atoms with Gasteiger partial charge in [-0.15, -0.1) is 0 Å². The highest BCUT2D eigenvalue weighted by Crippen LogP contribution is 2.46. The number of fused-ring (bicyclic) bond motifs is 12. The van der Waals surface area contributed by atoms with Gasteiger partial charge < -0.3 is 57.2 Å². The molecule has 0 saturated carbocycles. The van der Waals surface area contributed by atoms with Gasteiger partial charge in [-0.25, -0.2) is 19.2 Å². The molecular formula is C114H108Br2N10O20S4. The summed E-state index contributed by atoms with van der Waals surface area (Å²) >= 11 is 4.40. The Labute approximate surface area is 895 Å². The summed E-state index contributed by atoms with van der Waals surface area (Å²) in [6.45, 7) is 26.8. The number of hydrogen-bond donors (Lipinski definition) is 4. The van der Waals surface area contributed by atoms with E-state index in [0.29, 0.717) is 88.9 Å². The van der Waals surface area contributed by atoms with Crippen LogP contribution in [-0.2, 0) is 143 Å². The molecule has 36 heteroatoms. The molecule has 10 aromatic heterocycles. The van der Waals surface area contributed by atoms with Gasteiger partial charge in [0.25, 0.3) is 22.2 Å². The second-order valence-corrected chi connectivity index (χ2v) is 37.9. The van der Waals surface area contributed by atoms with Gasteiger partial charge in [0.2, 0.25) is 0 Å². The monoisotopic (exact) mass is 2220 g/mol. The van der Waals surface area contributed by atoms with Gasteiger partial charge in [0.05, 0.1) is 93.2 Å². The highest BCUT2D eigenvalue weighted by Gasteiger charge is 2.37. The molecule has 0 atom stereocenters. The van der Waals surface area contributed by atoms with Crippen molar-refractivity contribution >= 4 is 102 Å². The average Bonchev–Trinajstić information content (AvgIpc) is 1.58. The molecule has 6 aromatic carbocycles. The number of aromatic amines is 4. The number of benzene rings is 6. The third-order valence-corrected chi connectivity index (χ3v) is 27.9. The van der Waals surface area contributed by atoms with Gasteiger partial charge in [0, 0.05) is 60.0 Å². The van der Waals surface area contributed by atoms with Gasteiger partial charge in [-0.1, -0.05) is 169 Å². The zero-order chi connectivity index (χ0) is 108. The van der Waals surface area contributed by atoms with Crippen molar-refractivity contribution in [3.8, 4) is 90.1 Å². The number of rotatable bonds is 20. The first-order valence-electron chi connectivity index (χ1n) is 48.2. The smallest absolute Gasteiger partial charge is 0.356 e. The molecule has 10 heterocycles. The van der Waals surface area contributed by atoms with E-state index in [0.717, 1.165) is 196 Å². The third kappa shape index (κ3) is 25.4. The normalized spacial score (nSPS) is 11.6. The fraction of sp³-hybridized carbons (Fsp3) is 0.246. The third-order valence-electron chi connectivity index (χ3n) is 26.2. The van der Waals surface area contributed by atoms with Crippen molar-refractivity contribution in [1.82, 2.24) is 48.2 Å². The van der Waals surface area contributed by atoms with Crippen molar-refractivity contribution in [2.75, 3.05) is 26.4 Å². The largest absolute Gasteiger partial charge is 0.461 e. The van der Waals surface area contributed by atoms with E-state index in [1.54, 1.807) is 13.8 Å². The molecule has 30 nitrogen and oxygen atoms in total. The molecule has 4 N–H and O–H groups in total. The van der Waals surface area contributed by atoms with Crippen LogP contribution in [0.3, 0.4) is 0 Å². The number of ether oxygens (including phenoxy) is 4. The van der Waals surface area contributed by atoms with Crippen molar-refractivity contribution in [3.63, 3.8) is 0 Å². The lowest BCUT2D eigenvalue weighted by atomic mass is 9.91. The van der Waals surface area contributed by atoms with Gasteiger partial charge in [-0.2, -0.15) is 33.7 Å². The number of aromatic nitrogens is 10. The molecule has 0 fully saturated rings. The Kier molecular flexibility index (Phi) is 38.8. The molecule has 4 aliphatic rings. The lowest BCUT2D eigenvalue weighted by molar-refractivity contribution is 0.0504. The molecule has 0 bridgehead atoms. The van der Waals surface area contributed by atoms with E-state index < -0.39 is 52.3 Å². The molecule has 0 radical (unpaired) electrons. The number of esters is 4. The maximum atomic E-state index is 13.3. The summed E-state index contributed by atoms with van der Waals surface area (Å²) in [5.74, 6) is -1.47. The SMILES string of the molecule is CCOC(=O)c1c(Br)c2c(n1Cc1c(C)cc(C)cc1C)-c1[nH]c(=O)c(-c3ccccc3)cc1CC2.CCOC(=O)c1c(Br)c2c(n1Cc1ccc(C)cn1)-c1[nH]c(=O)c(-c3ccccc3)cc1CC2.CCOC(=O)c1cc2c(n1Cc1c(C)cc(C)cc1C)-c1[nH]c(=O)c(-c3ccccc3)cc1CC2.CCOC(=O)c1cc2c(n1Cc1ccc(C)nc1)-c1[nH]c(=O)c(-c3ccccc3)cc1CC2.O=S=O.O=S=O.O=S=O.O=S=O. The lowest BCUT2D eigenvalue weighted by Crippen LogP contribution is -2.19. The minimum Gasteiger partial charge on any atom is -0.461 e. The predicted molar refractivity (Wildman–Crippen MR) is 584 cm³/mol. The Morgan fingerprint density at radius 3 is 0.933 bits per heavy atom. The van der Waals surface area contributed by atoms with Gasteiger partial charge in [0.1, 0.15) is 22.8 Å². The van der Waals surface area contributed by atoms with Crippen LogP contribution in [0.25, 0.3) is 90.1 Å². The maximum absolute atomic E-state index is 13.3. The summed E-state index contributed by atoms with van der Waals surface area (Å²) in [5, 5.41) is 0. The first-order chi connectivity index (χ1) is 72.3. The van der Waals surface area contributed by atoms with Gasteiger partial charge in [-0.05, 0) is 326 Å². The van der Waals surface area contributed by atoms with Crippen LogP contribution < -0.4 is 22.2 Å². The van der Waals surface area contributed by atoms with Crippen LogP contribution in [0.2, 0.25) is 0 Å². The number of nitrogens with one attached hydrogen (secondary N) is 4. The van der Waals surface area contributed by atoms with E-state index in [4.69, 9.17) is 52.6 Å². The Balaban J connectivity index is 0.000000161. The zero-order valence-electron chi connectivity index (χ0n) is 84.3. The molecule has 0 unspecified atom stereocenters. The van der Waals surface area contributed by atoms with Crippen molar-refractivity contribution in [3.05, 3.63) is 403 Å². The van der Waals surface area contributed by atoms with Crippen molar-refractivity contribution in [2.24, 2.45) is 0 Å².